The van der Waals surface area contributed by atoms with Crippen LogP contribution < -0.4 is 11.1 Å². The lowest BCUT2D eigenvalue weighted by atomic mass is 10.0. The lowest BCUT2D eigenvalue weighted by Crippen LogP contribution is -2.36. The summed E-state index contributed by atoms with van der Waals surface area (Å²) in [6.07, 6.45) is 0.569. The quantitative estimate of drug-likeness (QED) is 0.630. The van der Waals surface area contributed by atoms with Crippen molar-refractivity contribution >= 4 is 17.3 Å². The highest BCUT2D eigenvalue weighted by molar-refractivity contribution is 5.95. The number of hydrogen-bond donors (Lipinski definition) is 2. The molecule has 1 atom stereocenters. The number of benzene rings is 1. The maximum atomic E-state index is 11.8. The first kappa shape index (κ1) is 15.1. The first-order valence-electron chi connectivity index (χ1n) is 6.12. The van der Waals surface area contributed by atoms with E-state index in [1.54, 1.807) is 19.1 Å². The van der Waals surface area contributed by atoms with Gasteiger partial charge in [-0.15, -0.1) is 0 Å². The molecule has 1 aromatic carbocycles. The third kappa shape index (κ3) is 4.33. The van der Waals surface area contributed by atoms with Crippen molar-refractivity contribution in [3.05, 3.63) is 33.9 Å². The predicted octanol–water partition coefficient (Wildman–Crippen LogP) is 2.22. The zero-order valence-corrected chi connectivity index (χ0v) is 11.3. The number of nitro groups is 1. The van der Waals surface area contributed by atoms with Crippen molar-refractivity contribution in [2.45, 2.75) is 33.2 Å². The van der Waals surface area contributed by atoms with Crippen molar-refractivity contribution < 1.29 is 9.72 Å². The number of carbonyl (C=O) groups is 1. The van der Waals surface area contributed by atoms with E-state index in [1.165, 1.54) is 6.07 Å². The first-order valence-corrected chi connectivity index (χ1v) is 6.12. The first-order chi connectivity index (χ1) is 8.81. The lowest BCUT2D eigenvalue weighted by molar-refractivity contribution is -0.385. The van der Waals surface area contributed by atoms with E-state index in [4.69, 9.17) is 5.73 Å². The van der Waals surface area contributed by atoms with Gasteiger partial charge < -0.3 is 11.1 Å². The molecule has 1 amide bonds. The Kier molecular flexibility index (Phi) is 5.00. The van der Waals surface area contributed by atoms with Gasteiger partial charge in [-0.3, -0.25) is 14.9 Å². The number of rotatable bonds is 5. The summed E-state index contributed by atoms with van der Waals surface area (Å²) in [6, 6.07) is 3.96. The van der Waals surface area contributed by atoms with E-state index in [1.807, 2.05) is 13.8 Å². The van der Waals surface area contributed by atoms with Gasteiger partial charge in [0.05, 0.1) is 11.0 Å². The summed E-state index contributed by atoms with van der Waals surface area (Å²) in [4.78, 5) is 22.1. The third-order valence-electron chi connectivity index (χ3n) is 2.74. The van der Waals surface area contributed by atoms with Gasteiger partial charge in [0.25, 0.3) is 5.69 Å². The van der Waals surface area contributed by atoms with Crippen LogP contribution in [-0.2, 0) is 4.79 Å². The molecule has 0 aliphatic heterocycles. The average Bonchev–Trinajstić information content (AvgIpc) is 2.30. The van der Waals surface area contributed by atoms with Gasteiger partial charge in [0, 0.05) is 17.3 Å². The number of nitrogens with two attached hydrogens (primary N) is 1. The normalized spacial score (nSPS) is 12.3. The Labute approximate surface area is 112 Å². The van der Waals surface area contributed by atoms with Gasteiger partial charge >= 0.3 is 0 Å². The van der Waals surface area contributed by atoms with Crippen LogP contribution in [0.1, 0.15) is 25.8 Å². The van der Waals surface area contributed by atoms with Gasteiger partial charge in [-0.1, -0.05) is 19.9 Å². The summed E-state index contributed by atoms with van der Waals surface area (Å²) in [6.45, 7) is 5.60. The van der Waals surface area contributed by atoms with Crippen LogP contribution in [0.2, 0.25) is 0 Å². The molecule has 19 heavy (non-hydrogen) atoms. The number of nitrogens with one attached hydrogen (secondary N) is 1. The minimum absolute atomic E-state index is 0.0183. The number of carbonyl (C=O) groups excluding carboxylic acids is 1. The van der Waals surface area contributed by atoms with E-state index >= 15 is 0 Å². The van der Waals surface area contributed by atoms with Gasteiger partial charge in [0.15, 0.2) is 0 Å². The summed E-state index contributed by atoms with van der Waals surface area (Å²) in [5, 5.41) is 13.4. The summed E-state index contributed by atoms with van der Waals surface area (Å²) in [5.74, 6) is -0.0139. The Bertz CT molecular complexity index is 486. The summed E-state index contributed by atoms with van der Waals surface area (Å²) in [7, 11) is 0. The van der Waals surface area contributed by atoms with E-state index in [9.17, 15) is 14.9 Å². The van der Waals surface area contributed by atoms with E-state index in [-0.39, 0.29) is 11.6 Å². The van der Waals surface area contributed by atoms with Crippen LogP contribution in [0.3, 0.4) is 0 Å². The molecule has 0 aliphatic rings. The van der Waals surface area contributed by atoms with Crippen LogP contribution >= 0.6 is 0 Å². The number of nitrogens with zero attached hydrogens (tertiary/aromatic N) is 1. The van der Waals surface area contributed by atoms with Crippen LogP contribution in [0, 0.1) is 23.0 Å². The Balaban J connectivity index is 2.80. The standard InChI is InChI=1S/C13H19N3O3/c1-8(2)6-11(14)13(17)15-10-5-4-9(3)12(7-10)16(18)19/h4-5,7-8,11H,6,14H2,1-3H3,(H,15,17)/t11-/m0/s1. The molecule has 6 heteroatoms. The summed E-state index contributed by atoms with van der Waals surface area (Å²) >= 11 is 0. The minimum atomic E-state index is -0.611. The number of anilines is 1. The highest BCUT2D eigenvalue weighted by Gasteiger charge is 2.17. The SMILES string of the molecule is Cc1ccc(NC(=O)[C@@H](N)CC(C)C)cc1[N+](=O)[O-]. The van der Waals surface area contributed by atoms with Gasteiger partial charge in [-0.05, 0) is 25.3 Å². The predicted molar refractivity (Wildman–Crippen MR) is 73.9 cm³/mol. The van der Waals surface area contributed by atoms with Crippen molar-refractivity contribution in [1.82, 2.24) is 0 Å². The fourth-order valence-corrected chi connectivity index (χ4v) is 1.73. The number of aryl methyl sites for hydroxylation is 1. The van der Waals surface area contributed by atoms with Crippen molar-refractivity contribution in [1.29, 1.82) is 0 Å². The smallest absolute Gasteiger partial charge is 0.274 e. The highest BCUT2D eigenvalue weighted by Crippen LogP contribution is 2.22. The van der Waals surface area contributed by atoms with Crippen LogP contribution in [0.15, 0.2) is 18.2 Å². The van der Waals surface area contributed by atoms with Crippen LogP contribution in [0.25, 0.3) is 0 Å². The Morgan fingerprint density at radius 3 is 2.63 bits per heavy atom. The monoisotopic (exact) mass is 265 g/mol. The lowest BCUT2D eigenvalue weighted by Gasteiger charge is -2.14. The van der Waals surface area contributed by atoms with E-state index in [0.29, 0.717) is 23.6 Å². The van der Waals surface area contributed by atoms with Crippen LogP contribution in [0.4, 0.5) is 11.4 Å². The maximum Gasteiger partial charge on any atom is 0.274 e. The molecule has 104 valence electrons. The minimum Gasteiger partial charge on any atom is -0.324 e. The van der Waals surface area contributed by atoms with Gasteiger partial charge in [-0.25, -0.2) is 0 Å². The fourth-order valence-electron chi connectivity index (χ4n) is 1.73. The number of nitro benzene ring substituents is 1. The molecule has 0 saturated carbocycles. The van der Waals surface area contributed by atoms with Crippen molar-refractivity contribution in [3.63, 3.8) is 0 Å². The number of hydrogen-bond acceptors (Lipinski definition) is 4. The number of amides is 1. The second kappa shape index (κ2) is 6.29. The second-order valence-electron chi connectivity index (χ2n) is 4.98. The zero-order valence-electron chi connectivity index (χ0n) is 11.3. The molecule has 0 radical (unpaired) electrons. The molecule has 0 fully saturated rings. The molecule has 6 nitrogen and oxygen atoms in total. The van der Waals surface area contributed by atoms with E-state index in [2.05, 4.69) is 5.32 Å². The average molecular weight is 265 g/mol. The second-order valence-corrected chi connectivity index (χ2v) is 4.98. The molecule has 1 aromatic rings. The Morgan fingerprint density at radius 2 is 2.11 bits per heavy atom. The summed E-state index contributed by atoms with van der Waals surface area (Å²) in [5.41, 5.74) is 6.67. The van der Waals surface area contributed by atoms with Crippen molar-refractivity contribution in [2.75, 3.05) is 5.32 Å². The highest BCUT2D eigenvalue weighted by atomic mass is 16.6. The van der Waals surface area contributed by atoms with E-state index < -0.39 is 11.0 Å². The molecule has 0 aromatic heterocycles. The molecule has 0 bridgehead atoms. The molecule has 1 rings (SSSR count). The molecule has 0 spiro atoms. The molecular formula is C13H19N3O3. The third-order valence-corrected chi connectivity index (χ3v) is 2.74. The summed E-state index contributed by atoms with van der Waals surface area (Å²) < 4.78 is 0. The molecule has 0 aliphatic carbocycles. The zero-order chi connectivity index (χ0) is 14.6. The molecule has 0 saturated heterocycles. The van der Waals surface area contributed by atoms with Gasteiger partial charge in [-0.2, -0.15) is 0 Å². The fraction of sp³-hybridized carbons (Fsp3) is 0.462. The topological polar surface area (TPSA) is 98.3 Å². The van der Waals surface area contributed by atoms with Gasteiger partial charge in [0.2, 0.25) is 5.91 Å². The van der Waals surface area contributed by atoms with Crippen LogP contribution in [-0.4, -0.2) is 16.9 Å². The Morgan fingerprint density at radius 1 is 1.47 bits per heavy atom. The molecule has 0 heterocycles. The van der Waals surface area contributed by atoms with Crippen molar-refractivity contribution in [3.8, 4) is 0 Å². The molecule has 3 N–H and O–H groups in total. The maximum absolute atomic E-state index is 11.8. The van der Waals surface area contributed by atoms with Crippen LogP contribution in [0.5, 0.6) is 0 Å². The van der Waals surface area contributed by atoms with Crippen molar-refractivity contribution in [2.24, 2.45) is 11.7 Å². The van der Waals surface area contributed by atoms with Gasteiger partial charge in [0.1, 0.15) is 0 Å². The molecular weight excluding hydrogens is 246 g/mol. The molecule has 0 unspecified atom stereocenters. The largest absolute Gasteiger partial charge is 0.324 e. The Hall–Kier alpha value is -1.95. The van der Waals surface area contributed by atoms with E-state index in [0.717, 1.165) is 0 Å².